The lowest BCUT2D eigenvalue weighted by Crippen LogP contribution is -2.29. The van der Waals surface area contributed by atoms with Crippen LogP contribution in [0, 0.1) is 5.82 Å². The van der Waals surface area contributed by atoms with Crippen LogP contribution < -0.4 is 0 Å². The minimum Gasteiger partial charge on any atom is -0.445 e. The van der Waals surface area contributed by atoms with Gasteiger partial charge in [0.2, 0.25) is 0 Å². The van der Waals surface area contributed by atoms with Crippen molar-refractivity contribution in [3.05, 3.63) is 71.5 Å². The fourth-order valence-electron chi connectivity index (χ4n) is 2.80. The third-order valence-electron chi connectivity index (χ3n) is 4.00. The summed E-state index contributed by atoms with van der Waals surface area (Å²) in [6.07, 6.45) is 0.434. The molecule has 0 N–H and O–H groups in total. The number of amides is 1. The maximum absolute atomic E-state index is 13.8. The topological polar surface area (TPSA) is 29.5 Å². The Morgan fingerprint density at radius 3 is 2.64 bits per heavy atom. The van der Waals surface area contributed by atoms with Gasteiger partial charge in [-0.05, 0) is 23.6 Å². The second-order valence-electron chi connectivity index (χ2n) is 5.49. The molecule has 0 aromatic heterocycles. The molecule has 4 heteroatoms. The highest BCUT2D eigenvalue weighted by Gasteiger charge is 2.29. The Labute approximate surface area is 129 Å². The molecule has 0 saturated carbocycles. The maximum atomic E-state index is 13.8. The predicted octanol–water partition coefficient (Wildman–Crippen LogP) is 3.95. The molecule has 0 spiro atoms. The third kappa shape index (κ3) is 3.27. The Morgan fingerprint density at radius 2 is 1.86 bits per heavy atom. The van der Waals surface area contributed by atoms with Crippen LogP contribution in [0.25, 0.3) is 0 Å². The average molecular weight is 299 g/mol. The molecule has 2 aromatic carbocycles. The number of likely N-dealkylation sites (tertiary alicyclic amines) is 1. The van der Waals surface area contributed by atoms with Crippen molar-refractivity contribution in [3.63, 3.8) is 0 Å². The van der Waals surface area contributed by atoms with E-state index in [1.807, 2.05) is 36.4 Å². The molecule has 1 atom stereocenters. The smallest absolute Gasteiger partial charge is 0.410 e. The Kier molecular flexibility index (Phi) is 4.37. The first-order chi connectivity index (χ1) is 10.7. The fraction of sp³-hybridized carbons (Fsp3) is 0.278. The Hall–Kier alpha value is -2.36. The van der Waals surface area contributed by atoms with Crippen LogP contribution in [0.3, 0.4) is 0 Å². The number of ether oxygens (including phenoxy) is 1. The second-order valence-corrected chi connectivity index (χ2v) is 5.49. The molecular weight excluding hydrogens is 281 g/mol. The SMILES string of the molecule is O=C(OCc1ccccc1)N1CCC(c2ccccc2F)C1. The Balaban J connectivity index is 1.56. The first-order valence-corrected chi connectivity index (χ1v) is 7.44. The molecule has 0 radical (unpaired) electrons. The third-order valence-corrected chi connectivity index (χ3v) is 4.00. The van der Waals surface area contributed by atoms with Gasteiger partial charge < -0.3 is 9.64 Å². The fourth-order valence-corrected chi connectivity index (χ4v) is 2.80. The van der Waals surface area contributed by atoms with Gasteiger partial charge in [-0.15, -0.1) is 0 Å². The number of halogens is 1. The summed E-state index contributed by atoms with van der Waals surface area (Å²) < 4.78 is 19.1. The van der Waals surface area contributed by atoms with E-state index in [1.54, 1.807) is 17.0 Å². The standard InChI is InChI=1S/C18H18FNO2/c19-17-9-5-4-8-16(17)15-10-11-20(12-15)18(21)22-13-14-6-2-1-3-7-14/h1-9,15H,10-13H2. The normalized spacial score (nSPS) is 17.5. The van der Waals surface area contributed by atoms with Gasteiger partial charge in [0.1, 0.15) is 12.4 Å². The van der Waals surface area contributed by atoms with Crippen LogP contribution >= 0.6 is 0 Å². The van der Waals surface area contributed by atoms with E-state index in [1.165, 1.54) is 6.07 Å². The molecule has 3 nitrogen and oxygen atoms in total. The number of hydrogen-bond acceptors (Lipinski definition) is 2. The minimum atomic E-state index is -0.331. The van der Waals surface area contributed by atoms with Crippen molar-refractivity contribution in [3.8, 4) is 0 Å². The van der Waals surface area contributed by atoms with Crippen LogP contribution in [0.1, 0.15) is 23.5 Å². The number of carbonyl (C=O) groups excluding carboxylic acids is 1. The minimum absolute atomic E-state index is 0.0467. The van der Waals surface area contributed by atoms with E-state index < -0.39 is 0 Å². The second kappa shape index (κ2) is 6.60. The Morgan fingerprint density at radius 1 is 1.14 bits per heavy atom. The molecule has 22 heavy (non-hydrogen) atoms. The van der Waals surface area contributed by atoms with E-state index in [-0.39, 0.29) is 24.4 Å². The lowest BCUT2D eigenvalue weighted by molar-refractivity contribution is 0.104. The zero-order valence-electron chi connectivity index (χ0n) is 12.2. The van der Waals surface area contributed by atoms with Crippen molar-refractivity contribution < 1.29 is 13.9 Å². The summed E-state index contributed by atoms with van der Waals surface area (Å²) in [6.45, 7) is 1.38. The summed E-state index contributed by atoms with van der Waals surface area (Å²) in [6, 6.07) is 16.3. The monoisotopic (exact) mass is 299 g/mol. The number of benzene rings is 2. The summed E-state index contributed by atoms with van der Waals surface area (Å²) >= 11 is 0. The summed E-state index contributed by atoms with van der Waals surface area (Å²) in [5, 5.41) is 0. The van der Waals surface area contributed by atoms with Crippen molar-refractivity contribution in [1.82, 2.24) is 4.90 Å². The van der Waals surface area contributed by atoms with Crippen LogP contribution in [0.5, 0.6) is 0 Å². The zero-order chi connectivity index (χ0) is 15.4. The van der Waals surface area contributed by atoms with Gasteiger partial charge in [0.15, 0.2) is 0 Å². The van der Waals surface area contributed by atoms with Crippen molar-refractivity contribution in [1.29, 1.82) is 0 Å². The summed E-state index contributed by atoms with van der Waals surface area (Å²) in [5.74, 6) is -0.155. The molecule has 2 aromatic rings. The first-order valence-electron chi connectivity index (χ1n) is 7.44. The van der Waals surface area contributed by atoms with Gasteiger partial charge in [-0.1, -0.05) is 48.5 Å². The van der Waals surface area contributed by atoms with Crippen LogP contribution in [0.2, 0.25) is 0 Å². The highest BCUT2D eigenvalue weighted by molar-refractivity contribution is 5.68. The Bertz CT molecular complexity index is 645. The highest BCUT2D eigenvalue weighted by Crippen LogP contribution is 2.29. The van der Waals surface area contributed by atoms with Gasteiger partial charge in [0.05, 0.1) is 0 Å². The lowest BCUT2D eigenvalue weighted by atomic mass is 9.98. The van der Waals surface area contributed by atoms with E-state index in [0.29, 0.717) is 18.7 Å². The van der Waals surface area contributed by atoms with Crippen molar-refractivity contribution >= 4 is 6.09 Å². The maximum Gasteiger partial charge on any atom is 0.410 e. The number of rotatable bonds is 3. The van der Waals surface area contributed by atoms with Gasteiger partial charge in [-0.3, -0.25) is 0 Å². The molecule has 114 valence electrons. The molecule has 1 fully saturated rings. The summed E-state index contributed by atoms with van der Waals surface area (Å²) in [4.78, 5) is 13.7. The summed E-state index contributed by atoms with van der Waals surface area (Å²) in [7, 11) is 0. The molecule has 3 rings (SSSR count). The van der Waals surface area contributed by atoms with Crippen LogP contribution in [0.15, 0.2) is 54.6 Å². The molecule has 0 bridgehead atoms. The number of carbonyl (C=O) groups is 1. The van der Waals surface area contributed by atoms with Crippen molar-refractivity contribution in [2.24, 2.45) is 0 Å². The van der Waals surface area contributed by atoms with E-state index in [0.717, 1.165) is 12.0 Å². The molecule has 1 saturated heterocycles. The molecule has 1 amide bonds. The van der Waals surface area contributed by atoms with Crippen LogP contribution in [0.4, 0.5) is 9.18 Å². The van der Waals surface area contributed by atoms with Crippen LogP contribution in [-0.2, 0) is 11.3 Å². The molecule has 1 aliphatic rings. The van der Waals surface area contributed by atoms with Crippen molar-refractivity contribution in [2.75, 3.05) is 13.1 Å². The van der Waals surface area contributed by atoms with E-state index in [2.05, 4.69) is 0 Å². The van der Waals surface area contributed by atoms with Gasteiger partial charge in [-0.2, -0.15) is 0 Å². The van der Waals surface area contributed by atoms with Gasteiger partial charge in [0.25, 0.3) is 0 Å². The molecular formula is C18H18FNO2. The number of hydrogen-bond donors (Lipinski definition) is 0. The van der Waals surface area contributed by atoms with E-state index in [4.69, 9.17) is 4.74 Å². The predicted molar refractivity (Wildman–Crippen MR) is 82.0 cm³/mol. The number of nitrogens with zero attached hydrogens (tertiary/aromatic N) is 1. The first kappa shape index (κ1) is 14.6. The van der Waals surface area contributed by atoms with Gasteiger partial charge in [0, 0.05) is 19.0 Å². The zero-order valence-corrected chi connectivity index (χ0v) is 12.2. The van der Waals surface area contributed by atoms with Crippen LogP contribution in [-0.4, -0.2) is 24.1 Å². The van der Waals surface area contributed by atoms with E-state index >= 15 is 0 Å². The largest absolute Gasteiger partial charge is 0.445 e. The summed E-state index contributed by atoms with van der Waals surface area (Å²) in [5.41, 5.74) is 1.64. The molecule has 1 heterocycles. The van der Waals surface area contributed by atoms with Gasteiger partial charge >= 0.3 is 6.09 Å². The van der Waals surface area contributed by atoms with E-state index in [9.17, 15) is 9.18 Å². The molecule has 1 aliphatic heterocycles. The quantitative estimate of drug-likeness (QED) is 0.859. The lowest BCUT2D eigenvalue weighted by Gasteiger charge is -2.17. The molecule has 1 unspecified atom stereocenters. The average Bonchev–Trinajstić information content (AvgIpc) is 3.04. The van der Waals surface area contributed by atoms with Crippen molar-refractivity contribution in [2.45, 2.75) is 18.9 Å². The molecule has 0 aliphatic carbocycles. The van der Waals surface area contributed by atoms with Gasteiger partial charge in [-0.25, -0.2) is 9.18 Å². The highest BCUT2D eigenvalue weighted by atomic mass is 19.1.